The van der Waals surface area contributed by atoms with Gasteiger partial charge in [0.2, 0.25) is 10.0 Å². The van der Waals surface area contributed by atoms with Crippen molar-refractivity contribution >= 4 is 21.6 Å². The second-order valence-electron chi connectivity index (χ2n) is 4.93. The highest BCUT2D eigenvalue weighted by molar-refractivity contribution is 7.89. The molecule has 1 aromatic rings. The zero-order valence-electron chi connectivity index (χ0n) is 11.7. The standard InChI is InChI=1S/C14H22ClNO2S/c1-4-14(5-2,10-15)11-16-19(17,18)13-9-7-6-8-12(13)3/h6-9,16H,4-5,10-11H2,1-3H3. The van der Waals surface area contributed by atoms with Crippen molar-refractivity contribution in [2.45, 2.75) is 38.5 Å². The smallest absolute Gasteiger partial charge is 0.211 e. The van der Waals surface area contributed by atoms with Crippen LogP contribution in [0.2, 0.25) is 0 Å². The number of halogens is 1. The molecule has 0 spiro atoms. The van der Waals surface area contributed by atoms with Gasteiger partial charge in [0.25, 0.3) is 0 Å². The molecule has 3 nitrogen and oxygen atoms in total. The summed E-state index contributed by atoms with van der Waals surface area (Å²) in [6.07, 6.45) is 1.70. The van der Waals surface area contributed by atoms with Crippen LogP contribution >= 0.6 is 11.6 Å². The normalized spacial score (nSPS) is 12.6. The van der Waals surface area contributed by atoms with Gasteiger partial charge in [0.1, 0.15) is 0 Å². The molecule has 0 atom stereocenters. The lowest BCUT2D eigenvalue weighted by molar-refractivity contribution is 0.304. The largest absolute Gasteiger partial charge is 0.240 e. The summed E-state index contributed by atoms with van der Waals surface area (Å²) in [4.78, 5) is 0.339. The number of benzene rings is 1. The number of rotatable bonds is 7. The van der Waals surface area contributed by atoms with Gasteiger partial charge < -0.3 is 0 Å². The first-order chi connectivity index (χ1) is 8.90. The first-order valence-electron chi connectivity index (χ1n) is 6.52. The Balaban J connectivity index is 2.90. The SMILES string of the molecule is CCC(CC)(CCl)CNS(=O)(=O)c1ccccc1C. The number of nitrogens with one attached hydrogen (secondary N) is 1. The van der Waals surface area contributed by atoms with Crippen LogP contribution in [0.15, 0.2) is 29.2 Å². The van der Waals surface area contributed by atoms with Gasteiger partial charge in [-0.2, -0.15) is 0 Å². The molecule has 5 heteroatoms. The third-order valence-corrected chi connectivity index (χ3v) is 5.93. The summed E-state index contributed by atoms with van der Waals surface area (Å²) in [5, 5.41) is 0. The van der Waals surface area contributed by atoms with E-state index in [1.165, 1.54) is 0 Å². The molecule has 0 saturated carbocycles. The van der Waals surface area contributed by atoms with Crippen LogP contribution in [0.4, 0.5) is 0 Å². The molecule has 108 valence electrons. The molecule has 19 heavy (non-hydrogen) atoms. The van der Waals surface area contributed by atoms with Gasteiger partial charge in [-0.15, -0.1) is 11.6 Å². The predicted octanol–water partition coefficient (Wildman–Crippen LogP) is 3.32. The number of aryl methyl sites for hydroxylation is 1. The van der Waals surface area contributed by atoms with Gasteiger partial charge in [-0.25, -0.2) is 13.1 Å². The Hall–Kier alpha value is -0.580. The topological polar surface area (TPSA) is 46.2 Å². The fourth-order valence-electron chi connectivity index (χ4n) is 1.92. The summed E-state index contributed by atoms with van der Waals surface area (Å²) in [6, 6.07) is 6.98. The van der Waals surface area contributed by atoms with Crippen LogP contribution in [0.1, 0.15) is 32.3 Å². The van der Waals surface area contributed by atoms with E-state index in [-0.39, 0.29) is 5.41 Å². The van der Waals surface area contributed by atoms with Crippen molar-refractivity contribution in [3.8, 4) is 0 Å². The van der Waals surface area contributed by atoms with Crippen LogP contribution < -0.4 is 4.72 Å². The molecule has 0 saturated heterocycles. The van der Waals surface area contributed by atoms with E-state index in [0.29, 0.717) is 17.3 Å². The van der Waals surface area contributed by atoms with Gasteiger partial charge in [0.05, 0.1) is 4.90 Å². The van der Waals surface area contributed by atoms with E-state index in [2.05, 4.69) is 4.72 Å². The Morgan fingerprint density at radius 3 is 2.26 bits per heavy atom. The lowest BCUT2D eigenvalue weighted by Gasteiger charge is -2.29. The lowest BCUT2D eigenvalue weighted by atomic mass is 9.85. The predicted molar refractivity (Wildman–Crippen MR) is 80.1 cm³/mol. The van der Waals surface area contributed by atoms with E-state index in [4.69, 9.17) is 11.6 Å². The highest BCUT2D eigenvalue weighted by Gasteiger charge is 2.28. The molecule has 1 N–H and O–H groups in total. The van der Waals surface area contributed by atoms with Gasteiger partial charge >= 0.3 is 0 Å². The van der Waals surface area contributed by atoms with Gasteiger partial charge in [-0.05, 0) is 36.8 Å². The third-order valence-electron chi connectivity index (χ3n) is 3.80. The summed E-state index contributed by atoms with van der Waals surface area (Å²) in [6.45, 7) is 6.24. The Morgan fingerprint density at radius 2 is 1.79 bits per heavy atom. The molecule has 0 fully saturated rings. The Kier molecular flexibility index (Phi) is 5.83. The van der Waals surface area contributed by atoms with Crippen LogP contribution in [0.3, 0.4) is 0 Å². The van der Waals surface area contributed by atoms with E-state index < -0.39 is 10.0 Å². The summed E-state index contributed by atoms with van der Waals surface area (Å²) in [7, 11) is -3.46. The van der Waals surface area contributed by atoms with Crippen molar-refractivity contribution < 1.29 is 8.42 Å². The van der Waals surface area contributed by atoms with Crippen LogP contribution in [-0.2, 0) is 10.0 Å². The molecule has 0 bridgehead atoms. The molecule has 0 aliphatic rings. The summed E-state index contributed by atoms with van der Waals surface area (Å²) in [5.74, 6) is 0.455. The molecule has 0 unspecified atom stereocenters. The van der Waals surface area contributed by atoms with Gasteiger partial charge in [0.15, 0.2) is 0 Å². The minimum Gasteiger partial charge on any atom is -0.211 e. The van der Waals surface area contributed by atoms with Crippen molar-refractivity contribution in [3.63, 3.8) is 0 Å². The summed E-state index contributed by atoms with van der Waals surface area (Å²) in [5.41, 5.74) is 0.580. The van der Waals surface area contributed by atoms with E-state index in [9.17, 15) is 8.42 Å². The second kappa shape index (κ2) is 6.73. The van der Waals surface area contributed by atoms with Crippen molar-refractivity contribution in [2.75, 3.05) is 12.4 Å². The fourth-order valence-corrected chi connectivity index (χ4v) is 3.79. The van der Waals surface area contributed by atoms with Gasteiger partial charge in [0, 0.05) is 12.4 Å². The first-order valence-corrected chi connectivity index (χ1v) is 8.54. The van der Waals surface area contributed by atoms with E-state index >= 15 is 0 Å². The zero-order chi connectivity index (χ0) is 14.5. The molecule has 0 aliphatic carbocycles. The van der Waals surface area contributed by atoms with E-state index in [1.54, 1.807) is 25.1 Å². The molecule has 0 heterocycles. The van der Waals surface area contributed by atoms with E-state index in [0.717, 1.165) is 18.4 Å². The van der Waals surface area contributed by atoms with Gasteiger partial charge in [-0.1, -0.05) is 32.0 Å². The maximum absolute atomic E-state index is 12.3. The summed E-state index contributed by atoms with van der Waals surface area (Å²) < 4.78 is 27.3. The maximum Gasteiger partial charge on any atom is 0.240 e. The molecule has 0 aliphatic heterocycles. The molecular weight excluding hydrogens is 282 g/mol. The molecule has 1 aromatic carbocycles. The number of sulfonamides is 1. The Bertz CT molecular complexity index is 502. The van der Waals surface area contributed by atoms with E-state index in [1.807, 2.05) is 19.9 Å². The van der Waals surface area contributed by atoms with Crippen molar-refractivity contribution in [1.29, 1.82) is 0 Å². The molecular formula is C14H22ClNO2S. The molecule has 0 aromatic heterocycles. The summed E-state index contributed by atoms with van der Waals surface area (Å²) >= 11 is 6.00. The first kappa shape index (κ1) is 16.5. The van der Waals surface area contributed by atoms with Crippen LogP contribution in [0.5, 0.6) is 0 Å². The second-order valence-corrected chi connectivity index (χ2v) is 6.93. The van der Waals surface area contributed by atoms with Crippen LogP contribution in [0.25, 0.3) is 0 Å². The highest BCUT2D eigenvalue weighted by Crippen LogP contribution is 2.27. The Labute approximate surface area is 121 Å². The van der Waals surface area contributed by atoms with Crippen molar-refractivity contribution in [2.24, 2.45) is 5.41 Å². The molecule has 0 radical (unpaired) electrons. The quantitative estimate of drug-likeness (QED) is 0.785. The maximum atomic E-state index is 12.3. The van der Waals surface area contributed by atoms with Crippen LogP contribution in [-0.4, -0.2) is 20.8 Å². The minimum atomic E-state index is -3.46. The third kappa shape index (κ3) is 3.94. The molecule has 0 amide bonds. The monoisotopic (exact) mass is 303 g/mol. The van der Waals surface area contributed by atoms with Crippen LogP contribution in [0, 0.1) is 12.3 Å². The van der Waals surface area contributed by atoms with Crippen molar-refractivity contribution in [3.05, 3.63) is 29.8 Å². The highest BCUT2D eigenvalue weighted by atomic mass is 35.5. The van der Waals surface area contributed by atoms with Crippen molar-refractivity contribution in [1.82, 2.24) is 4.72 Å². The average molecular weight is 304 g/mol. The van der Waals surface area contributed by atoms with Gasteiger partial charge in [-0.3, -0.25) is 0 Å². The molecule has 1 rings (SSSR count). The lowest BCUT2D eigenvalue weighted by Crippen LogP contribution is -2.38. The zero-order valence-corrected chi connectivity index (χ0v) is 13.3. The Morgan fingerprint density at radius 1 is 1.21 bits per heavy atom. The number of hydrogen-bond donors (Lipinski definition) is 1. The minimum absolute atomic E-state index is 0.169. The number of alkyl halides is 1. The number of hydrogen-bond acceptors (Lipinski definition) is 2. The fraction of sp³-hybridized carbons (Fsp3) is 0.571. The average Bonchev–Trinajstić information content (AvgIpc) is 2.41.